The SMILES string of the molecule is Cc1nc([C@@H]2CCN(C3CNC3)C2)cc2c1O[C@H](C)c1c(N3CCOCC3)ccnc1N2. The van der Waals surface area contributed by atoms with Crippen LogP contribution in [0.3, 0.4) is 0 Å². The maximum absolute atomic E-state index is 6.51. The van der Waals surface area contributed by atoms with Crippen LogP contribution in [0.15, 0.2) is 18.3 Å². The highest BCUT2D eigenvalue weighted by molar-refractivity contribution is 5.74. The predicted molar refractivity (Wildman–Crippen MR) is 124 cm³/mol. The van der Waals surface area contributed by atoms with E-state index in [9.17, 15) is 0 Å². The van der Waals surface area contributed by atoms with Gasteiger partial charge in [0.05, 0.1) is 30.2 Å². The van der Waals surface area contributed by atoms with E-state index in [0.717, 1.165) is 93.1 Å². The largest absolute Gasteiger partial charge is 0.482 e. The summed E-state index contributed by atoms with van der Waals surface area (Å²) in [6.07, 6.45) is 2.93. The van der Waals surface area contributed by atoms with Crippen LogP contribution >= 0.6 is 0 Å². The van der Waals surface area contributed by atoms with Crippen molar-refractivity contribution in [2.24, 2.45) is 0 Å². The minimum atomic E-state index is -0.121. The molecule has 6 rings (SSSR count). The van der Waals surface area contributed by atoms with Crippen LogP contribution in [-0.2, 0) is 4.74 Å². The Morgan fingerprint density at radius 3 is 2.78 bits per heavy atom. The molecule has 2 aromatic rings. The molecule has 4 aliphatic rings. The van der Waals surface area contributed by atoms with E-state index < -0.39 is 0 Å². The number of hydrogen-bond donors (Lipinski definition) is 2. The minimum absolute atomic E-state index is 0.121. The van der Waals surface area contributed by atoms with Gasteiger partial charge < -0.3 is 25.0 Å². The van der Waals surface area contributed by atoms with E-state index in [2.05, 4.69) is 46.4 Å². The highest BCUT2D eigenvalue weighted by atomic mass is 16.5. The molecular weight excluding hydrogens is 404 g/mol. The molecular formula is C24H32N6O2. The topological polar surface area (TPSA) is 74.8 Å². The summed E-state index contributed by atoms with van der Waals surface area (Å²) in [7, 11) is 0. The molecule has 0 aliphatic carbocycles. The third kappa shape index (κ3) is 3.50. The number of pyridine rings is 2. The van der Waals surface area contributed by atoms with E-state index in [4.69, 9.17) is 19.4 Å². The summed E-state index contributed by atoms with van der Waals surface area (Å²) in [4.78, 5) is 14.7. The first kappa shape index (κ1) is 20.2. The van der Waals surface area contributed by atoms with Crippen LogP contribution in [-0.4, -0.2) is 73.4 Å². The van der Waals surface area contributed by atoms with Gasteiger partial charge in [0.1, 0.15) is 11.9 Å². The molecule has 8 nitrogen and oxygen atoms in total. The van der Waals surface area contributed by atoms with E-state index in [0.29, 0.717) is 12.0 Å². The molecule has 2 atom stereocenters. The van der Waals surface area contributed by atoms with Crippen molar-refractivity contribution >= 4 is 17.2 Å². The van der Waals surface area contributed by atoms with E-state index in [1.165, 1.54) is 5.69 Å². The van der Waals surface area contributed by atoms with Crippen molar-refractivity contribution in [1.82, 2.24) is 20.2 Å². The summed E-state index contributed by atoms with van der Waals surface area (Å²) in [6.45, 7) is 11.9. The molecule has 0 radical (unpaired) electrons. The van der Waals surface area contributed by atoms with Crippen LogP contribution in [0.1, 0.15) is 42.3 Å². The van der Waals surface area contributed by atoms with Crippen molar-refractivity contribution < 1.29 is 9.47 Å². The Bertz CT molecular complexity index is 1000. The summed E-state index contributed by atoms with van der Waals surface area (Å²) >= 11 is 0. The molecule has 0 aromatic carbocycles. The van der Waals surface area contributed by atoms with Crippen molar-refractivity contribution in [2.45, 2.75) is 38.3 Å². The first-order valence-corrected chi connectivity index (χ1v) is 11.9. The Labute approximate surface area is 189 Å². The van der Waals surface area contributed by atoms with Crippen LogP contribution in [0, 0.1) is 6.92 Å². The lowest BCUT2D eigenvalue weighted by Crippen LogP contribution is -2.56. The van der Waals surface area contributed by atoms with E-state index in [1.54, 1.807) is 0 Å². The van der Waals surface area contributed by atoms with Crippen molar-refractivity contribution in [2.75, 3.05) is 62.7 Å². The van der Waals surface area contributed by atoms with Crippen LogP contribution in [0.2, 0.25) is 0 Å². The normalized spacial score (nSPS) is 25.9. The molecule has 6 heterocycles. The Kier molecular flexibility index (Phi) is 5.16. The fourth-order valence-electron chi connectivity index (χ4n) is 5.43. The average molecular weight is 437 g/mol. The van der Waals surface area contributed by atoms with E-state index in [-0.39, 0.29) is 6.10 Å². The van der Waals surface area contributed by atoms with Gasteiger partial charge in [0.25, 0.3) is 0 Å². The average Bonchev–Trinajstić information content (AvgIpc) is 3.18. The van der Waals surface area contributed by atoms with Crippen molar-refractivity contribution in [3.63, 3.8) is 0 Å². The second kappa shape index (κ2) is 8.17. The number of likely N-dealkylation sites (tertiary alicyclic amines) is 1. The van der Waals surface area contributed by atoms with Crippen LogP contribution in [0.5, 0.6) is 5.75 Å². The first-order chi connectivity index (χ1) is 15.7. The Morgan fingerprint density at radius 2 is 2.00 bits per heavy atom. The highest BCUT2D eigenvalue weighted by Gasteiger charge is 2.34. The van der Waals surface area contributed by atoms with Crippen LogP contribution in [0.4, 0.5) is 17.2 Å². The molecule has 0 saturated carbocycles. The molecule has 0 unspecified atom stereocenters. The zero-order valence-electron chi connectivity index (χ0n) is 18.9. The highest BCUT2D eigenvalue weighted by Crippen LogP contribution is 2.44. The fraction of sp³-hybridized carbons (Fsp3) is 0.583. The van der Waals surface area contributed by atoms with E-state index in [1.807, 2.05) is 6.20 Å². The zero-order chi connectivity index (χ0) is 21.7. The first-order valence-electron chi connectivity index (χ1n) is 11.9. The molecule has 0 spiro atoms. The molecule has 4 aliphatic heterocycles. The Balaban J connectivity index is 1.32. The number of aryl methyl sites for hydroxylation is 1. The van der Waals surface area contributed by atoms with Gasteiger partial charge in [0, 0.05) is 62.3 Å². The predicted octanol–water partition coefficient (Wildman–Crippen LogP) is 2.58. The molecule has 170 valence electrons. The number of nitrogens with zero attached hydrogens (tertiary/aromatic N) is 4. The summed E-state index contributed by atoms with van der Waals surface area (Å²) < 4.78 is 12.1. The van der Waals surface area contributed by atoms with Gasteiger partial charge in [-0.25, -0.2) is 4.98 Å². The van der Waals surface area contributed by atoms with Crippen LogP contribution in [0.25, 0.3) is 0 Å². The smallest absolute Gasteiger partial charge is 0.164 e. The van der Waals surface area contributed by atoms with Gasteiger partial charge in [-0.05, 0) is 38.9 Å². The Hall–Kier alpha value is -2.42. The molecule has 8 heteroatoms. The minimum Gasteiger partial charge on any atom is -0.482 e. The summed E-state index contributed by atoms with van der Waals surface area (Å²) in [6, 6.07) is 4.99. The van der Waals surface area contributed by atoms with Gasteiger partial charge in [-0.15, -0.1) is 0 Å². The maximum atomic E-state index is 6.51. The number of hydrogen-bond acceptors (Lipinski definition) is 8. The number of aromatic nitrogens is 2. The monoisotopic (exact) mass is 436 g/mol. The summed E-state index contributed by atoms with van der Waals surface area (Å²) in [5, 5.41) is 7.01. The lowest BCUT2D eigenvalue weighted by atomic mass is 10.0. The molecule has 3 saturated heterocycles. The summed E-state index contributed by atoms with van der Waals surface area (Å²) in [5.74, 6) is 2.18. The van der Waals surface area contributed by atoms with Crippen molar-refractivity contribution in [3.8, 4) is 5.75 Å². The maximum Gasteiger partial charge on any atom is 0.164 e. The number of morpholine rings is 1. The number of ether oxygens (including phenoxy) is 2. The molecule has 32 heavy (non-hydrogen) atoms. The standard InChI is InChI=1S/C24H32N6O2/c1-15-23-20(11-19(27-15)17-4-6-30(14-17)18-12-25-13-18)28-24-22(16(2)32-23)21(3-5-26-24)29-7-9-31-10-8-29/h3,5,11,16-18,25H,4,6-10,12-14H2,1-2H3,(H,26,28)/t16-,17-/m1/s1. The zero-order valence-corrected chi connectivity index (χ0v) is 18.9. The molecule has 3 fully saturated rings. The van der Waals surface area contributed by atoms with Gasteiger partial charge in [0.2, 0.25) is 0 Å². The van der Waals surface area contributed by atoms with Crippen molar-refractivity contribution in [3.05, 3.63) is 35.3 Å². The Morgan fingerprint density at radius 1 is 1.16 bits per heavy atom. The van der Waals surface area contributed by atoms with Gasteiger partial charge in [0.15, 0.2) is 5.75 Å². The number of rotatable bonds is 3. The second-order valence-corrected chi connectivity index (χ2v) is 9.38. The third-order valence-corrected chi connectivity index (χ3v) is 7.35. The van der Waals surface area contributed by atoms with E-state index >= 15 is 0 Å². The lowest BCUT2D eigenvalue weighted by Gasteiger charge is -2.35. The van der Waals surface area contributed by atoms with Gasteiger partial charge in [-0.3, -0.25) is 9.88 Å². The number of nitrogens with one attached hydrogen (secondary N) is 2. The molecule has 0 bridgehead atoms. The van der Waals surface area contributed by atoms with Gasteiger partial charge >= 0.3 is 0 Å². The number of anilines is 3. The molecule has 0 amide bonds. The number of fused-ring (bicyclic) bond motifs is 2. The van der Waals surface area contributed by atoms with Crippen molar-refractivity contribution in [1.29, 1.82) is 0 Å². The molecule has 2 aromatic heterocycles. The second-order valence-electron chi connectivity index (χ2n) is 9.38. The van der Waals surface area contributed by atoms with Crippen LogP contribution < -0.4 is 20.3 Å². The summed E-state index contributed by atoms with van der Waals surface area (Å²) in [5.41, 5.74) is 5.37. The lowest BCUT2D eigenvalue weighted by molar-refractivity contribution is 0.122. The molecule has 2 N–H and O–H groups in total. The van der Waals surface area contributed by atoms with Gasteiger partial charge in [-0.1, -0.05) is 0 Å². The fourth-order valence-corrected chi connectivity index (χ4v) is 5.43. The third-order valence-electron chi connectivity index (χ3n) is 7.35. The van der Waals surface area contributed by atoms with Gasteiger partial charge in [-0.2, -0.15) is 0 Å². The quantitative estimate of drug-likeness (QED) is 0.761.